The molecule has 1 atom stereocenters. The smallest absolute Gasteiger partial charge is 0.254 e. The normalized spacial score (nSPS) is 21.0. The summed E-state index contributed by atoms with van der Waals surface area (Å²) < 4.78 is 13.7. The van der Waals surface area contributed by atoms with E-state index in [9.17, 15) is 9.18 Å². The van der Waals surface area contributed by atoms with Gasteiger partial charge in [-0.15, -0.1) is 0 Å². The molecule has 1 amide bonds. The Morgan fingerprint density at radius 2 is 1.96 bits per heavy atom. The highest BCUT2D eigenvalue weighted by atomic mass is 19.1. The number of nitrogens with one attached hydrogen (secondary N) is 1. The first-order chi connectivity index (χ1) is 13.6. The summed E-state index contributed by atoms with van der Waals surface area (Å²) in [5, 5.41) is 3.31. The lowest BCUT2D eigenvalue weighted by molar-refractivity contribution is 0.0634. The second-order valence-corrected chi connectivity index (χ2v) is 7.47. The minimum absolute atomic E-state index is 0.0338. The van der Waals surface area contributed by atoms with E-state index in [2.05, 4.69) is 27.1 Å². The standard InChI is InChI=1S/C21H26FN5O/c1-25-9-11-26(12-10-25)20-14-17(5-6-24-20)21(28)27-8-7-23-15-19(27)16-3-2-4-18(22)13-16/h2-6,13-14,19,23H,7-12,15H2,1H3. The molecular formula is C21H26FN5O. The van der Waals surface area contributed by atoms with E-state index in [4.69, 9.17) is 0 Å². The van der Waals surface area contributed by atoms with Crippen molar-refractivity contribution in [2.45, 2.75) is 6.04 Å². The molecule has 148 valence electrons. The molecule has 2 aromatic rings. The summed E-state index contributed by atoms with van der Waals surface area (Å²) in [5.41, 5.74) is 1.45. The number of amides is 1. The number of hydrogen-bond acceptors (Lipinski definition) is 5. The lowest BCUT2D eigenvalue weighted by Crippen LogP contribution is -2.48. The number of rotatable bonds is 3. The van der Waals surface area contributed by atoms with Crippen molar-refractivity contribution in [3.05, 3.63) is 59.5 Å². The van der Waals surface area contributed by atoms with Crippen LogP contribution in [0.25, 0.3) is 0 Å². The Labute approximate surface area is 165 Å². The Morgan fingerprint density at radius 3 is 2.75 bits per heavy atom. The first-order valence-electron chi connectivity index (χ1n) is 9.78. The maximum atomic E-state index is 13.7. The Balaban J connectivity index is 1.56. The molecule has 2 saturated heterocycles. The van der Waals surface area contributed by atoms with E-state index in [0.717, 1.165) is 44.1 Å². The molecule has 28 heavy (non-hydrogen) atoms. The van der Waals surface area contributed by atoms with Crippen LogP contribution in [0.1, 0.15) is 22.0 Å². The molecule has 1 aromatic carbocycles. The number of halogens is 1. The molecule has 1 unspecified atom stereocenters. The number of hydrogen-bond donors (Lipinski definition) is 1. The van der Waals surface area contributed by atoms with E-state index in [1.165, 1.54) is 12.1 Å². The van der Waals surface area contributed by atoms with Crippen LogP contribution in [0, 0.1) is 5.82 Å². The van der Waals surface area contributed by atoms with Crippen molar-refractivity contribution in [3.8, 4) is 0 Å². The number of aromatic nitrogens is 1. The zero-order valence-electron chi connectivity index (χ0n) is 16.1. The van der Waals surface area contributed by atoms with Gasteiger partial charge in [-0.25, -0.2) is 9.37 Å². The largest absolute Gasteiger partial charge is 0.354 e. The van der Waals surface area contributed by atoms with Gasteiger partial charge in [0.15, 0.2) is 0 Å². The van der Waals surface area contributed by atoms with Crippen LogP contribution in [-0.4, -0.2) is 73.6 Å². The summed E-state index contributed by atoms with van der Waals surface area (Å²) in [6.45, 7) is 5.71. The molecule has 3 heterocycles. The highest BCUT2D eigenvalue weighted by Gasteiger charge is 2.29. The zero-order chi connectivity index (χ0) is 19.5. The zero-order valence-corrected chi connectivity index (χ0v) is 16.1. The Bertz CT molecular complexity index is 837. The van der Waals surface area contributed by atoms with Crippen LogP contribution in [0.4, 0.5) is 10.2 Å². The van der Waals surface area contributed by atoms with Gasteiger partial charge in [0.05, 0.1) is 6.04 Å². The molecule has 0 aliphatic carbocycles. The highest BCUT2D eigenvalue weighted by Crippen LogP contribution is 2.25. The van der Waals surface area contributed by atoms with E-state index >= 15 is 0 Å². The Kier molecular flexibility index (Phi) is 5.54. The predicted octanol–water partition coefficient (Wildman–Crippen LogP) is 1.76. The van der Waals surface area contributed by atoms with Crippen molar-refractivity contribution in [3.63, 3.8) is 0 Å². The summed E-state index contributed by atoms with van der Waals surface area (Å²) in [4.78, 5) is 24.1. The number of likely N-dealkylation sites (N-methyl/N-ethyl adjacent to an activating group) is 1. The van der Waals surface area contributed by atoms with Crippen LogP contribution in [0.2, 0.25) is 0 Å². The molecule has 4 rings (SSSR count). The summed E-state index contributed by atoms with van der Waals surface area (Å²) in [6.07, 6.45) is 1.71. The van der Waals surface area contributed by atoms with Gasteiger partial charge >= 0.3 is 0 Å². The third-order valence-electron chi connectivity index (χ3n) is 5.56. The second-order valence-electron chi connectivity index (χ2n) is 7.47. The predicted molar refractivity (Wildman–Crippen MR) is 107 cm³/mol. The Hall–Kier alpha value is -2.51. The minimum Gasteiger partial charge on any atom is -0.354 e. The van der Waals surface area contributed by atoms with Gasteiger partial charge in [0, 0.05) is 57.6 Å². The van der Waals surface area contributed by atoms with Crippen molar-refractivity contribution in [1.29, 1.82) is 0 Å². The third-order valence-corrected chi connectivity index (χ3v) is 5.56. The second kappa shape index (κ2) is 8.24. The summed E-state index contributed by atoms with van der Waals surface area (Å²) >= 11 is 0. The molecule has 7 heteroatoms. The third kappa shape index (κ3) is 4.00. The lowest BCUT2D eigenvalue weighted by Gasteiger charge is -2.37. The molecule has 2 aliphatic rings. The molecule has 6 nitrogen and oxygen atoms in total. The topological polar surface area (TPSA) is 51.7 Å². The van der Waals surface area contributed by atoms with E-state index < -0.39 is 0 Å². The molecule has 0 saturated carbocycles. The van der Waals surface area contributed by atoms with E-state index in [-0.39, 0.29) is 17.8 Å². The van der Waals surface area contributed by atoms with Gasteiger partial charge in [0.2, 0.25) is 0 Å². The number of anilines is 1. The molecule has 1 N–H and O–H groups in total. The van der Waals surface area contributed by atoms with Crippen LogP contribution < -0.4 is 10.2 Å². The molecule has 2 fully saturated rings. The lowest BCUT2D eigenvalue weighted by atomic mass is 10.0. The van der Waals surface area contributed by atoms with Gasteiger partial charge in [-0.1, -0.05) is 12.1 Å². The highest BCUT2D eigenvalue weighted by molar-refractivity contribution is 5.95. The molecule has 1 aromatic heterocycles. The molecule has 0 radical (unpaired) electrons. The first-order valence-corrected chi connectivity index (χ1v) is 9.78. The van der Waals surface area contributed by atoms with Gasteiger partial charge < -0.3 is 20.0 Å². The fourth-order valence-electron chi connectivity index (χ4n) is 3.88. The average Bonchev–Trinajstić information content (AvgIpc) is 2.74. The van der Waals surface area contributed by atoms with Crippen LogP contribution in [0.5, 0.6) is 0 Å². The number of nitrogens with zero attached hydrogens (tertiary/aromatic N) is 4. The summed E-state index contributed by atoms with van der Waals surface area (Å²) in [5.74, 6) is 0.529. The van der Waals surface area contributed by atoms with E-state index in [1.807, 2.05) is 17.0 Å². The maximum absolute atomic E-state index is 13.7. The van der Waals surface area contributed by atoms with Gasteiger partial charge in [0.25, 0.3) is 5.91 Å². The number of carbonyl (C=O) groups is 1. The SMILES string of the molecule is CN1CCN(c2cc(C(=O)N3CCNCC3c3cccc(F)c3)ccn2)CC1. The number of piperazine rings is 2. The fourth-order valence-corrected chi connectivity index (χ4v) is 3.88. The van der Waals surface area contributed by atoms with Crippen LogP contribution in [0.15, 0.2) is 42.6 Å². The van der Waals surface area contributed by atoms with Gasteiger partial charge in [-0.2, -0.15) is 0 Å². The number of carbonyl (C=O) groups excluding carboxylic acids is 1. The van der Waals surface area contributed by atoms with Crippen molar-refractivity contribution in [1.82, 2.24) is 20.1 Å². The van der Waals surface area contributed by atoms with Crippen molar-refractivity contribution < 1.29 is 9.18 Å². The molecule has 0 spiro atoms. The first kappa shape index (κ1) is 18.8. The van der Waals surface area contributed by atoms with Gasteiger partial charge in [-0.3, -0.25) is 4.79 Å². The average molecular weight is 383 g/mol. The number of benzene rings is 1. The quantitative estimate of drug-likeness (QED) is 0.875. The fraction of sp³-hybridized carbons (Fsp3) is 0.429. The van der Waals surface area contributed by atoms with Gasteiger partial charge in [-0.05, 0) is 36.9 Å². The van der Waals surface area contributed by atoms with Crippen LogP contribution >= 0.6 is 0 Å². The number of pyridine rings is 1. The van der Waals surface area contributed by atoms with Crippen molar-refractivity contribution >= 4 is 11.7 Å². The summed E-state index contributed by atoms with van der Waals surface area (Å²) in [7, 11) is 2.11. The minimum atomic E-state index is -0.281. The van der Waals surface area contributed by atoms with Crippen LogP contribution in [0.3, 0.4) is 0 Å². The summed E-state index contributed by atoms with van der Waals surface area (Å²) in [6, 6.07) is 9.99. The Morgan fingerprint density at radius 1 is 1.14 bits per heavy atom. The molecular weight excluding hydrogens is 357 g/mol. The maximum Gasteiger partial charge on any atom is 0.254 e. The van der Waals surface area contributed by atoms with Crippen LogP contribution in [-0.2, 0) is 0 Å². The van der Waals surface area contributed by atoms with Gasteiger partial charge in [0.1, 0.15) is 11.6 Å². The molecule has 0 bridgehead atoms. The van der Waals surface area contributed by atoms with Crippen molar-refractivity contribution in [2.24, 2.45) is 0 Å². The monoisotopic (exact) mass is 383 g/mol. The van der Waals surface area contributed by atoms with E-state index in [0.29, 0.717) is 18.7 Å². The van der Waals surface area contributed by atoms with E-state index in [1.54, 1.807) is 18.3 Å². The molecule has 2 aliphatic heterocycles. The van der Waals surface area contributed by atoms with Crippen molar-refractivity contribution in [2.75, 3.05) is 57.8 Å².